The van der Waals surface area contributed by atoms with Crippen molar-refractivity contribution in [2.24, 2.45) is 7.05 Å². The van der Waals surface area contributed by atoms with Crippen molar-refractivity contribution in [2.75, 3.05) is 50.2 Å². The van der Waals surface area contributed by atoms with E-state index in [0.717, 1.165) is 22.4 Å². The third-order valence-electron chi connectivity index (χ3n) is 8.05. The van der Waals surface area contributed by atoms with Gasteiger partial charge in [0.1, 0.15) is 5.75 Å². The van der Waals surface area contributed by atoms with E-state index in [1.54, 1.807) is 54.4 Å². The number of ether oxygens (including phenoxy) is 2. The van der Waals surface area contributed by atoms with E-state index in [4.69, 9.17) is 14.5 Å². The smallest absolute Gasteiger partial charge is 0.293 e. The highest BCUT2D eigenvalue weighted by atomic mass is 16.5. The maximum Gasteiger partial charge on any atom is 0.293 e. The molecule has 2 aliphatic rings. The van der Waals surface area contributed by atoms with Crippen LogP contribution in [0.3, 0.4) is 0 Å². The molecule has 3 aromatic carbocycles. The summed E-state index contributed by atoms with van der Waals surface area (Å²) in [5, 5.41) is 3.14. The van der Waals surface area contributed by atoms with Crippen LogP contribution in [0.1, 0.15) is 31.8 Å². The molecule has 0 bridgehead atoms. The van der Waals surface area contributed by atoms with Crippen LogP contribution in [0.5, 0.6) is 5.75 Å². The molecule has 1 fully saturated rings. The molecule has 3 heterocycles. The average Bonchev–Trinajstić information content (AvgIpc) is 3.48. The number of hydrogen-bond acceptors (Lipinski definition) is 7. The third-order valence-corrected chi connectivity index (χ3v) is 8.05. The first kappa shape index (κ1) is 28.2. The molecule has 220 valence electrons. The van der Waals surface area contributed by atoms with Gasteiger partial charge in [-0.3, -0.25) is 14.4 Å². The second kappa shape index (κ2) is 11.7. The Morgan fingerprint density at radius 3 is 2.44 bits per heavy atom. The molecule has 4 aromatic rings. The Balaban J connectivity index is 1.27. The van der Waals surface area contributed by atoms with Crippen LogP contribution in [0.15, 0.2) is 71.7 Å². The van der Waals surface area contributed by atoms with Crippen LogP contribution in [0.2, 0.25) is 0 Å². The summed E-state index contributed by atoms with van der Waals surface area (Å²) in [5.74, 6) is 0.714. The number of carbonyl (C=O) groups is 2. The number of aromatic nitrogens is 2. The molecule has 10 heteroatoms. The van der Waals surface area contributed by atoms with Crippen LogP contribution in [-0.4, -0.2) is 66.2 Å². The molecule has 0 spiro atoms. The van der Waals surface area contributed by atoms with E-state index < -0.39 is 0 Å². The molecule has 10 nitrogen and oxygen atoms in total. The summed E-state index contributed by atoms with van der Waals surface area (Å²) in [4.78, 5) is 47.8. The third kappa shape index (κ3) is 5.37. The van der Waals surface area contributed by atoms with E-state index in [1.807, 2.05) is 43.3 Å². The Morgan fingerprint density at radius 1 is 0.953 bits per heavy atom. The van der Waals surface area contributed by atoms with E-state index in [-0.39, 0.29) is 23.2 Å². The average molecular weight is 580 g/mol. The Kier molecular flexibility index (Phi) is 7.69. The highest BCUT2D eigenvalue weighted by molar-refractivity contribution is 6.09. The van der Waals surface area contributed by atoms with Gasteiger partial charge in [-0.25, -0.2) is 4.98 Å². The first-order chi connectivity index (χ1) is 20.9. The van der Waals surface area contributed by atoms with Crippen molar-refractivity contribution in [1.82, 2.24) is 14.5 Å². The van der Waals surface area contributed by atoms with Gasteiger partial charge in [-0.1, -0.05) is 18.2 Å². The topological polar surface area (TPSA) is 106 Å². The molecule has 1 N–H and O–H groups in total. The van der Waals surface area contributed by atoms with Crippen LogP contribution in [0.4, 0.5) is 17.2 Å². The number of rotatable bonds is 6. The Hall–Kier alpha value is -4.96. The second-order valence-corrected chi connectivity index (χ2v) is 10.6. The van der Waals surface area contributed by atoms with E-state index in [0.29, 0.717) is 67.5 Å². The minimum Gasteiger partial charge on any atom is -0.496 e. The molecule has 1 aromatic heterocycles. The van der Waals surface area contributed by atoms with E-state index >= 15 is 0 Å². The number of aryl methyl sites for hydroxylation is 1. The monoisotopic (exact) mass is 579 g/mol. The predicted octanol–water partition coefficient (Wildman–Crippen LogP) is 4.18. The van der Waals surface area contributed by atoms with E-state index in [2.05, 4.69) is 5.32 Å². The fraction of sp³-hybridized carbons (Fsp3) is 0.273. The van der Waals surface area contributed by atoms with Gasteiger partial charge in [-0.05, 0) is 61.4 Å². The van der Waals surface area contributed by atoms with Gasteiger partial charge >= 0.3 is 0 Å². The van der Waals surface area contributed by atoms with Crippen molar-refractivity contribution >= 4 is 29.0 Å². The van der Waals surface area contributed by atoms with Gasteiger partial charge in [0, 0.05) is 66.5 Å². The van der Waals surface area contributed by atoms with Crippen LogP contribution in [0.25, 0.3) is 11.3 Å². The number of carbonyl (C=O) groups excluding carboxylic acids is 2. The number of nitrogens with zero attached hydrogens (tertiary/aromatic N) is 4. The first-order valence-corrected chi connectivity index (χ1v) is 14.2. The molecular formula is C33H33N5O5. The number of methoxy groups -OCH3 is 1. The highest BCUT2D eigenvalue weighted by Gasteiger charge is 2.29. The highest BCUT2D eigenvalue weighted by Crippen LogP contribution is 2.37. The van der Waals surface area contributed by atoms with Crippen molar-refractivity contribution in [3.05, 3.63) is 99.5 Å². The molecule has 0 radical (unpaired) electrons. The fourth-order valence-electron chi connectivity index (χ4n) is 5.70. The molecule has 0 saturated carbocycles. The number of amides is 2. The van der Waals surface area contributed by atoms with Gasteiger partial charge in [0.15, 0.2) is 5.82 Å². The van der Waals surface area contributed by atoms with Crippen molar-refractivity contribution in [1.29, 1.82) is 0 Å². The summed E-state index contributed by atoms with van der Waals surface area (Å²) in [6.07, 6.45) is 2.37. The van der Waals surface area contributed by atoms with Crippen LogP contribution >= 0.6 is 0 Å². The quantitative estimate of drug-likeness (QED) is 0.365. The van der Waals surface area contributed by atoms with Gasteiger partial charge in [-0.15, -0.1) is 0 Å². The number of fused-ring (bicyclic) bond motifs is 1. The molecule has 0 aliphatic carbocycles. The van der Waals surface area contributed by atoms with Crippen LogP contribution < -0.4 is 20.5 Å². The maximum absolute atomic E-state index is 13.6. The summed E-state index contributed by atoms with van der Waals surface area (Å²) in [7, 11) is 3.29. The molecule has 2 aliphatic heterocycles. The number of anilines is 3. The molecule has 1 saturated heterocycles. The minimum atomic E-state index is -0.282. The normalized spacial score (nSPS) is 14.4. The molecule has 0 atom stereocenters. The van der Waals surface area contributed by atoms with Gasteiger partial charge in [0.25, 0.3) is 17.4 Å². The minimum absolute atomic E-state index is 0.0436. The number of hydrogen-bond donors (Lipinski definition) is 1. The number of nitrogens with one attached hydrogen (secondary N) is 1. The predicted molar refractivity (Wildman–Crippen MR) is 164 cm³/mol. The molecule has 43 heavy (non-hydrogen) atoms. The molecule has 6 rings (SSSR count). The Bertz CT molecular complexity index is 1760. The van der Waals surface area contributed by atoms with Gasteiger partial charge in [0.05, 0.1) is 26.0 Å². The zero-order valence-corrected chi connectivity index (χ0v) is 24.4. The zero-order valence-electron chi connectivity index (χ0n) is 24.4. The summed E-state index contributed by atoms with van der Waals surface area (Å²) < 4.78 is 12.3. The van der Waals surface area contributed by atoms with Crippen molar-refractivity contribution in [3.63, 3.8) is 0 Å². The Morgan fingerprint density at radius 2 is 1.70 bits per heavy atom. The van der Waals surface area contributed by atoms with Gasteiger partial charge in [-0.2, -0.15) is 0 Å². The van der Waals surface area contributed by atoms with Crippen LogP contribution in [0, 0.1) is 6.92 Å². The summed E-state index contributed by atoms with van der Waals surface area (Å²) in [6.45, 7) is 4.64. The van der Waals surface area contributed by atoms with E-state index in [9.17, 15) is 14.4 Å². The summed E-state index contributed by atoms with van der Waals surface area (Å²) >= 11 is 0. The lowest BCUT2D eigenvalue weighted by Crippen LogP contribution is -2.40. The lowest BCUT2D eigenvalue weighted by Gasteiger charge is -2.26. The largest absolute Gasteiger partial charge is 0.496 e. The maximum atomic E-state index is 13.6. The summed E-state index contributed by atoms with van der Waals surface area (Å²) in [5.41, 5.74) is 5.64. The number of benzene rings is 3. The van der Waals surface area contributed by atoms with Crippen LogP contribution in [-0.2, 0) is 18.2 Å². The van der Waals surface area contributed by atoms with E-state index in [1.165, 1.54) is 4.57 Å². The zero-order chi connectivity index (χ0) is 30.1. The van der Waals surface area contributed by atoms with Crippen molar-refractivity contribution in [2.45, 2.75) is 13.3 Å². The van der Waals surface area contributed by atoms with Gasteiger partial charge in [0.2, 0.25) is 0 Å². The molecular weight excluding hydrogens is 546 g/mol. The standard InChI is InChI=1S/C33H33N5O5/c1-21-24(6-5-9-29(21)42-3)32(40)38-15-14-26-25(7-4-8-28(26)38)27-20-36(2)33(41)30(35-27)34-23-12-10-22(11-13-23)31(39)37-16-18-43-19-17-37/h4-13,20H,14-19H2,1-3H3,(H,34,35). The number of morpholine rings is 1. The first-order valence-electron chi connectivity index (χ1n) is 14.2. The lowest BCUT2D eigenvalue weighted by atomic mass is 10.0. The van der Waals surface area contributed by atoms with Gasteiger partial charge < -0.3 is 29.2 Å². The second-order valence-electron chi connectivity index (χ2n) is 10.6. The van der Waals surface area contributed by atoms with Crippen molar-refractivity contribution < 1.29 is 19.1 Å². The SMILES string of the molecule is COc1cccc(C(=O)N2CCc3c(-c4cn(C)c(=O)c(Nc5ccc(C(=O)N6CCOCC6)cc5)n4)cccc32)c1C. The summed E-state index contributed by atoms with van der Waals surface area (Å²) in [6, 6.07) is 18.3. The lowest BCUT2D eigenvalue weighted by molar-refractivity contribution is 0.0303. The Labute approximate surface area is 249 Å². The molecule has 0 unspecified atom stereocenters. The fourth-order valence-corrected chi connectivity index (χ4v) is 5.70. The van der Waals surface area contributed by atoms with Crippen molar-refractivity contribution in [3.8, 4) is 17.0 Å². The molecule has 2 amide bonds.